The summed E-state index contributed by atoms with van der Waals surface area (Å²) in [5.74, 6) is 0.358. The molecule has 158 valence electrons. The molecule has 0 aromatic heterocycles. The van der Waals surface area contributed by atoms with Crippen molar-refractivity contribution in [1.82, 2.24) is 5.32 Å². The SMILES string of the molecule is CC1(C)OB(c2cc(C(=O)NC3CCOCC3O)c3c(c2I)CCO3)OC1(C)C. The van der Waals surface area contributed by atoms with Crippen LogP contribution in [0.3, 0.4) is 0 Å². The number of aliphatic hydroxyl groups is 1. The molecule has 3 heterocycles. The lowest BCUT2D eigenvalue weighted by Gasteiger charge is -2.32. The van der Waals surface area contributed by atoms with Gasteiger partial charge in [0.2, 0.25) is 0 Å². The van der Waals surface area contributed by atoms with Crippen molar-refractivity contribution in [3.63, 3.8) is 0 Å². The average Bonchev–Trinajstić information content (AvgIpc) is 3.20. The highest BCUT2D eigenvalue weighted by atomic mass is 127. The van der Waals surface area contributed by atoms with Crippen LogP contribution in [0.4, 0.5) is 0 Å². The van der Waals surface area contributed by atoms with Crippen molar-refractivity contribution in [3.8, 4) is 5.75 Å². The van der Waals surface area contributed by atoms with Gasteiger partial charge in [-0.1, -0.05) is 0 Å². The van der Waals surface area contributed by atoms with Crippen LogP contribution in [0.1, 0.15) is 50.0 Å². The summed E-state index contributed by atoms with van der Waals surface area (Å²) < 4.78 is 24.6. The van der Waals surface area contributed by atoms with Crippen LogP contribution in [0, 0.1) is 3.57 Å². The largest absolute Gasteiger partial charge is 0.495 e. The fourth-order valence-corrected chi connectivity index (χ4v) is 4.74. The lowest BCUT2D eigenvalue weighted by molar-refractivity contribution is -0.0261. The highest BCUT2D eigenvalue weighted by molar-refractivity contribution is 14.1. The third-order valence-electron chi connectivity index (χ3n) is 6.33. The molecule has 0 saturated carbocycles. The molecule has 2 N–H and O–H groups in total. The van der Waals surface area contributed by atoms with Crippen LogP contribution < -0.4 is 15.5 Å². The predicted molar refractivity (Wildman–Crippen MR) is 117 cm³/mol. The molecular weight excluding hydrogens is 488 g/mol. The van der Waals surface area contributed by atoms with Crippen LogP contribution in [-0.4, -0.2) is 61.3 Å². The number of hydrogen-bond acceptors (Lipinski definition) is 6. The number of amides is 1. The van der Waals surface area contributed by atoms with Gasteiger partial charge < -0.3 is 29.2 Å². The molecule has 3 aliphatic heterocycles. The first-order valence-electron chi connectivity index (χ1n) is 10.0. The summed E-state index contributed by atoms with van der Waals surface area (Å²) in [6.45, 7) is 9.33. The second-order valence-corrected chi connectivity index (χ2v) is 9.91. The lowest BCUT2D eigenvalue weighted by atomic mass is 9.77. The Labute approximate surface area is 185 Å². The first-order chi connectivity index (χ1) is 13.6. The molecule has 2 atom stereocenters. The molecule has 7 nitrogen and oxygen atoms in total. The van der Waals surface area contributed by atoms with Gasteiger partial charge in [-0.3, -0.25) is 4.79 Å². The minimum atomic E-state index is -0.715. The lowest BCUT2D eigenvalue weighted by Crippen LogP contribution is -2.49. The number of nitrogens with one attached hydrogen (secondary N) is 1. The van der Waals surface area contributed by atoms with Crippen LogP contribution in [0.5, 0.6) is 5.75 Å². The summed E-state index contributed by atoms with van der Waals surface area (Å²) in [5, 5.41) is 13.1. The fourth-order valence-electron chi connectivity index (χ4n) is 3.81. The second-order valence-electron chi connectivity index (χ2n) is 8.83. The molecule has 0 radical (unpaired) electrons. The summed E-state index contributed by atoms with van der Waals surface area (Å²) in [6, 6.07) is 1.47. The van der Waals surface area contributed by atoms with Gasteiger partial charge in [0.05, 0.1) is 42.1 Å². The van der Waals surface area contributed by atoms with Crippen molar-refractivity contribution in [2.45, 2.75) is 63.9 Å². The van der Waals surface area contributed by atoms with Crippen molar-refractivity contribution >= 4 is 41.1 Å². The first kappa shape index (κ1) is 21.4. The van der Waals surface area contributed by atoms with Gasteiger partial charge >= 0.3 is 7.12 Å². The van der Waals surface area contributed by atoms with Gasteiger partial charge in [0, 0.05) is 22.2 Å². The highest BCUT2D eigenvalue weighted by Gasteiger charge is 2.52. The Morgan fingerprint density at radius 2 is 1.93 bits per heavy atom. The number of carbonyl (C=O) groups excluding carboxylic acids is 1. The van der Waals surface area contributed by atoms with Crippen LogP contribution >= 0.6 is 22.6 Å². The van der Waals surface area contributed by atoms with E-state index in [1.807, 2.05) is 33.8 Å². The molecule has 1 aromatic rings. The maximum Gasteiger partial charge on any atom is 0.495 e. The van der Waals surface area contributed by atoms with E-state index in [2.05, 4.69) is 27.9 Å². The Morgan fingerprint density at radius 3 is 2.59 bits per heavy atom. The third-order valence-corrected chi connectivity index (χ3v) is 7.60. The molecule has 0 aliphatic carbocycles. The molecule has 29 heavy (non-hydrogen) atoms. The summed E-state index contributed by atoms with van der Waals surface area (Å²) in [5.41, 5.74) is 1.37. The van der Waals surface area contributed by atoms with E-state index in [1.165, 1.54) is 0 Å². The molecule has 2 fully saturated rings. The summed E-state index contributed by atoms with van der Waals surface area (Å²) in [7, 11) is -0.557. The molecule has 1 amide bonds. The van der Waals surface area contributed by atoms with E-state index in [1.54, 1.807) is 0 Å². The van der Waals surface area contributed by atoms with Crippen molar-refractivity contribution in [3.05, 3.63) is 20.8 Å². The molecule has 0 bridgehead atoms. The number of hydrogen-bond donors (Lipinski definition) is 2. The number of fused-ring (bicyclic) bond motifs is 1. The van der Waals surface area contributed by atoms with Gasteiger partial charge in [-0.05, 0) is 68.2 Å². The van der Waals surface area contributed by atoms with E-state index in [-0.39, 0.29) is 18.6 Å². The maximum absolute atomic E-state index is 13.1. The van der Waals surface area contributed by atoms with Crippen molar-refractivity contribution in [1.29, 1.82) is 0 Å². The number of ether oxygens (including phenoxy) is 2. The van der Waals surface area contributed by atoms with Crippen LogP contribution in [0.15, 0.2) is 6.07 Å². The van der Waals surface area contributed by atoms with E-state index in [0.717, 1.165) is 21.0 Å². The zero-order chi connectivity index (χ0) is 21.0. The van der Waals surface area contributed by atoms with Gasteiger partial charge in [-0.15, -0.1) is 0 Å². The molecule has 2 saturated heterocycles. The van der Waals surface area contributed by atoms with Gasteiger partial charge in [-0.2, -0.15) is 0 Å². The number of aliphatic hydroxyl groups excluding tert-OH is 1. The summed E-state index contributed by atoms with van der Waals surface area (Å²) in [4.78, 5) is 13.1. The average molecular weight is 515 g/mol. The smallest absolute Gasteiger partial charge is 0.492 e. The monoisotopic (exact) mass is 515 g/mol. The minimum absolute atomic E-state index is 0.228. The second kappa shape index (κ2) is 7.67. The normalized spacial score (nSPS) is 27.4. The topological polar surface area (TPSA) is 86.3 Å². The Bertz CT molecular complexity index is 814. The molecule has 4 rings (SSSR count). The van der Waals surface area contributed by atoms with Gasteiger partial charge in [0.1, 0.15) is 5.75 Å². The van der Waals surface area contributed by atoms with E-state index < -0.39 is 24.4 Å². The van der Waals surface area contributed by atoms with E-state index in [9.17, 15) is 9.90 Å². The Balaban J connectivity index is 1.67. The number of benzene rings is 1. The van der Waals surface area contributed by atoms with Gasteiger partial charge in [-0.25, -0.2) is 0 Å². The number of halogens is 1. The molecule has 0 spiro atoms. The zero-order valence-electron chi connectivity index (χ0n) is 17.2. The van der Waals surface area contributed by atoms with Crippen LogP contribution in [0.25, 0.3) is 0 Å². The highest BCUT2D eigenvalue weighted by Crippen LogP contribution is 2.39. The van der Waals surface area contributed by atoms with Crippen molar-refractivity contribution in [2.24, 2.45) is 0 Å². The van der Waals surface area contributed by atoms with Crippen LogP contribution in [-0.2, 0) is 20.5 Å². The van der Waals surface area contributed by atoms with Crippen molar-refractivity contribution < 1.29 is 28.7 Å². The Hall–Kier alpha value is -0.875. The zero-order valence-corrected chi connectivity index (χ0v) is 19.4. The minimum Gasteiger partial charge on any atom is -0.492 e. The van der Waals surface area contributed by atoms with E-state index in [4.69, 9.17) is 18.8 Å². The molecule has 2 unspecified atom stereocenters. The van der Waals surface area contributed by atoms with Crippen molar-refractivity contribution in [2.75, 3.05) is 19.8 Å². The maximum atomic E-state index is 13.1. The number of carbonyl (C=O) groups is 1. The van der Waals surface area contributed by atoms with E-state index in [0.29, 0.717) is 30.9 Å². The standard InChI is InChI=1S/C20H27BINO6/c1-19(2)20(3,4)29-21(28-19)13-9-12(17-11(16(13)22)5-8-27-17)18(25)23-14-6-7-26-10-15(14)24/h9,14-15,24H,5-8,10H2,1-4H3,(H,23,25). The van der Waals surface area contributed by atoms with E-state index >= 15 is 0 Å². The van der Waals surface area contributed by atoms with Gasteiger partial charge in [0.15, 0.2) is 0 Å². The Kier molecular flexibility index (Phi) is 5.65. The summed E-state index contributed by atoms with van der Waals surface area (Å²) in [6.07, 6.45) is 0.596. The van der Waals surface area contributed by atoms with Gasteiger partial charge in [0.25, 0.3) is 5.91 Å². The molecule has 1 aromatic carbocycles. The molecule has 9 heteroatoms. The molecular formula is C20H27BINO6. The van der Waals surface area contributed by atoms with Crippen LogP contribution in [0.2, 0.25) is 0 Å². The number of rotatable bonds is 3. The Morgan fingerprint density at radius 1 is 1.24 bits per heavy atom. The summed E-state index contributed by atoms with van der Waals surface area (Å²) >= 11 is 2.29. The third kappa shape index (κ3) is 3.80. The quantitative estimate of drug-likeness (QED) is 0.468. The predicted octanol–water partition coefficient (Wildman–Crippen LogP) is 1.40. The first-order valence-corrected chi connectivity index (χ1v) is 11.1. The fraction of sp³-hybridized carbons (Fsp3) is 0.650. The molecule has 3 aliphatic rings.